The lowest BCUT2D eigenvalue weighted by molar-refractivity contribution is -0.118. The molecule has 0 aromatic rings. The van der Waals surface area contributed by atoms with Crippen molar-refractivity contribution in [3.63, 3.8) is 0 Å². The van der Waals surface area contributed by atoms with E-state index in [1.54, 1.807) is 0 Å². The van der Waals surface area contributed by atoms with Gasteiger partial charge >= 0.3 is 0 Å². The van der Waals surface area contributed by atoms with Gasteiger partial charge in [0.25, 0.3) is 0 Å². The minimum atomic E-state index is -0.0716. The van der Waals surface area contributed by atoms with E-state index in [-0.39, 0.29) is 11.2 Å². The lowest BCUT2D eigenvalue weighted by Gasteiger charge is -2.25. The molecule has 2 aliphatic carbocycles. The molecule has 0 aliphatic heterocycles. The first kappa shape index (κ1) is 13.3. The van der Waals surface area contributed by atoms with Gasteiger partial charge in [0.05, 0.1) is 5.25 Å². The number of carbonyl (C=O) groups excluding carboxylic acids is 1. The highest BCUT2D eigenvalue weighted by Crippen LogP contribution is 2.36. The Balaban J connectivity index is 1.78. The van der Waals surface area contributed by atoms with Gasteiger partial charge in [-0.05, 0) is 43.3 Å². The van der Waals surface area contributed by atoms with Crippen LogP contribution in [0.1, 0.15) is 57.8 Å². The van der Waals surface area contributed by atoms with Crippen molar-refractivity contribution in [2.75, 3.05) is 5.75 Å². The number of carbonyl (C=O) groups is 1. The SMILES string of the molecule is NC(=O)C(SCC1CCCCC1)C1CCCC1. The lowest BCUT2D eigenvalue weighted by atomic mass is 9.91. The van der Waals surface area contributed by atoms with Crippen molar-refractivity contribution < 1.29 is 4.79 Å². The third kappa shape index (κ3) is 3.90. The van der Waals surface area contributed by atoms with E-state index in [0.717, 1.165) is 11.7 Å². The zero-order valence-corrected chi connectivity index (χ0v) is 11.5. The Bertz CT molecular complexity index is 245. The quantitative estimate of drug-likeness (QED) is 0.818. The van der Waals surface area contributed by atoms with Gasteiger partial charge in [-0.15, -0.1) is 11.8 Å². The molecule has 0 aromatic heterocycles. The molecule has 98 valence electrons. The first-order chi connectivity index (χ1) is 8.27. The van der Waals surface area contributed by atoms with Gasteiger partial charge in [-0.25, -0.2) is 0 Å². The Morgan fingerprint density at radius 1 is 1.06 bits per heavy atom. The average Bonchev–Trinajstić information content (AvgIpc) is 2.84. The summed E-state index contributed by atoms with van der Waals surface area (Å²) in [4.78, 5) is 11.6. The second-order valence-corrected chi connectivity index (χ2v) is 6.88. The zero-order chi connectivity index (χ0) is 12.1. The lowest BCUT2D eigenvalue weighted by Crippen LogP contribution is -2.32. The van der Waals surface area contributed by atoms with Gasteiger partial charge in [0.2, 0.25) is 5.91 Å². The predicted octanol–water partition coefficient (Wildman–Crippen LogP) is 3.34. The number of thioether (sulfide) groups is 1. The maximum atomic E-state index is 11.6. The molecule has 2 aliphatic rings. The van der Waals surface area contributed by atoms with Crippen molar-refractivity contribution >= 4 is 17.7 Å². The normalized spacial score (nSPS) is 24.9. The van der Waals surface area contributed by atoms with E-state index in [9.17, 15) is 4.79 Å². The van der Waals surface area contributed by atoms with Crippen molar-refractivity contribution in [1.82, 2.24) is 0 Å². The fourth-order valence-electron chi connectivity index (χ4n) is 3.30. The monoisotopic (exact) mass is 255 g/mol. The fraction of sp³-hybridized carbons (Fsp3) is 0.929. The highest BCUT2D eigenvalue weighted by molar-refractivity contribution is 8.00. The molecule has 1 amide bonds. The van der Waals surface area contributed by atoms with Gasteiger partial charge in [0.15, 0.2) is 0 Å². The molecule has 2 fully saturated rings. The molecule has 0 saturated heterocycles. The second kappa shape index (κ2) is 6.67. The molecule has 17 heavy (non-hydrogen) atoms. The topological polar surface area (TPSA) is 43.1 Å². The first-order valence-electron chi connectivity index (χ1n) is 7.18. The van der Waals surface area contributed by atoms with Gasteiger partial charge in [-0.1, -0.05) is 32.1 Å². The Kier molecular flexibility index (Phi) is 5.20. The summed E-state index contributed by atoms with van der Waals surface area (Å²) in [5.74, 6) is 2.50. The van der Waals surface area contributed by atoms with Gasteiger partial charge in [-0.2, -0.15) is 0 Å². The van der Waals surface area contributed by atoms with E-state index in [0.29, 0.717) is 5.92 Å². The van der Waals surface area contributed by atoms with Crippen LogP contribution in [0.25, 0.3) is 0 Å². The van der Waals surface area contributed by atoms with Gasteiger partial charge in [0.1, 0.15) is 0 Å². The molecule has 1 atom stereocenters. The summed E-state index contributed by atoms with van der Waals surface area (Å²) in [7, 11) is 0. The third-order valence-electron chi connectivity index (χ3n) is 4.34. The number of primary amides is 1. The predicted molar refractivity (Wildman–Crippen MR) is 74.0 cm³/mol. The minimum Gasteiger partial charge on any atom is -0.369 e. The number of nitrogens with two attached hydrogens (primary N) is 1. The van der Waals surface area contributed by atoms with Crippen LogP contribution in [-0.2, 0) is 4.79 Å². The maximum Gasteiger partial charge on any atom is 0.230 e. The van der Waals surface area contributed by atoms with Crippen molar-refractivity contribution in [2.24, 2.45) is 17.6 Å². The standard InChI is InChI=1S/C14H25NOS/c15-14(16)13(12-8-4-5-9-12)17-10-11-6-2-1-3-7-11/h11-13H,1-10H2,(H2,15,16). The first-order valence-corrected chi connectivity index (χ1v) is 8.23. The van der Waals surface area contributed by atoms with Crippen LogP contribution in [0.5, 0.6) is 0 Å². The molecule has 3 heteroatoms. The Labute approximate surface area is 109 Å². The smallest absolute Gasteiger partial charge is 0.230 e. The van der Waals surface area contributed by atoms with E-state index in [1.807, 2.05) is 11.8 Å². The third-order valence-corrected chi connectivity index (χ3v) is 5.98. The van der Waals surface area contributed by atoms with E-state index in [1.165, 1.54) is 57.8 Å². The molecule has 0 radical (unpaired) electrons. The molecule has 0 bridgehead atoms. The van der Waals surface area contributed by atoms with Crippen LogP contribution in [0.2, 0.25) is 0 Å². The van der Waals surface area contributed by atoms with Crippen LogP contribution in [0, 0.1) is 11.8 Å². The molecule has 0 heterocycles. The minimum absolute atomic E-state index is 0.0716. The van der Waals surface area contributed by atoms with E-state index in [2.05, 4.69) is 0 Å². The summed E-state index contributed by atoms with van der Waals surface area (Å²) < 4.78 is 0. The number of hydrogen-bond donors (Lipinski definition) is 1. The van der Waals surface area contributed by atoms with E-state index in [4.69, 9.17) is 5.73 Å². The highest BCUT2D eigenvalue weighted by Gasteiger charge is 2.30. The van der Waals surface area contributed by atoms with Crippen LogP contribution < -0.4 is 5.73 Å². The largest absolute Gasteiger partial charge is 0.369 e. The van der Waals surface area contributed by atoms with Gasteiger partial charge in [-0.3, -0.25) is 4.79 Å². The summed E-state index contributed by atoms with van der Waals surface area (Å²) in [6.07, 6.45) is 11.9. The average molecular weight is 255 g/mol. The summed E-state index contributed by atoms with van der Waals surface area (Å²) in [6.45, 7) is 0. The van der Waals surface area contributed by atoms with Crippen LogP contribution >= 0.6 is 11.8 Å². The zero-order valence-electron chi connectivity index (χ0n) is 10.7. The molecule has 2 rings (SSSR count). The molecule has 1 unspecified atom stereocenters. The molecule has 0 aromatic carbocycles. The number of rotatable bonds is 5. The molecular formula is C14H25NOS. The Hall–Kier alpha value is -0.180. The molecular weight excluding hydrogens is 230 g/mol. The van der Waals surface area contributed by atoms with Crippen molar-refractivity contribution in [1.29, 1.82) is 0 Å². The van der Waals surface area contributed by atoms with Crippen molar-refractivity contribution in [2.45, 2.75) is 63.0 Å². The van der Waals surface area contributed by atoms with Gasteiger partial charge < -0.3 is 5.73 Å². The van der Waals surface area contributed by atoms with Crippen LogP contribution in [0.3, 0.4) is 0 Å². The Morgan fingerprint density at radius 3 is 2.24 bits per heavy atom. The molecule has 0 spiro atoms. The van der Waals surface area contributed by atoms with Crippen molar-refractivity contribution in [3.8, 4) is 0 Å². The van der Waals surface area contributed by atoms with Crippen molar-refractivity contribution in [3.05, 3.63) is 0 Å². The second-order valence-electron chi connectivity index (χ2n) is 5.70. The molecule has 2 saturated carbocycles. The Morgan fingerprint density at radius 2 is 1.65 bits per heavy atom. The number of hydrogen-bond acceptors (Lipinski definition) is 2. The van der Waals surface area contributed by atoms with Crippen LogP contribution in [0.15, 0.2) is 0 Å². The maximum absolute atomic E-state index is 11.6. The summed E-state index contributed by atoms with van der Waals surface area (Å²) >= 11 is 1.86. The summed E-state index contributed by atoms with van der Waals surface area (Å²) in [6, 6.07) is 0. The summed E-state index contributed by atoms with van der Waals surface area (Å²) in [5.41, 5.74) is 5.57. The highest BCUT2D eigenvalue weighted by atomic mass is 32.2. The van der Waals surface area contributed by atoms with Crippen LogP contribution in [0.4, 0.5) is 0 Å². The number of amides is 1. The van der Waals surface area contributed by atoms with Gasteiger partial charge in [0, 0.05) is 0 Å². The molecule has 2 nitrogen and oxygen atoms in total. The fourth-order valence-corrected chi connectivity index (χ4v) is 4.83. The van der Waals surface area contributed by atoms with E-state index < -0.39 is 0 Å². The van der Waals surface area contributed by atoms with Crippen LogP contribution in [-0.4, -0.2) is 16.9 Å². The summed E-state index contributed by atoms with van der Waals surface area (Å²) in [5, 5.41) is 0.0967. The van der Waals surface area contributed by atoms with E-state index >= 15 is 0 Å². The molecule has 2 N–H and O–H groups in total.